The maximum Gasteiger partial charge on any atom is 0.123 e. The first kappa shape index (κ1) is 16.2. The number of phenols is 3. The molecular weight excluding hydrogens is 292 g/mol. The zero-order valence-corrected chi connectivity index (χ0v) is 12.5. The Balaban J connectivity index is 0.000000203. The molecule has 0 amide bonds. The van der Waals surface area contributed by atoms with Crippen molar-refractivity contribution in [3.05, 3.63) is 84.4 Å². The van der Waals surface area contributed by atoms with Gasteiger partial charge < -0.3 is 20.1 Å². The Morgan fingerprint density at radius 3 is 1.70 bits per heavy atom. The van der Waals surface area contributed by atoms with Crippen LogP contribution in [-0.4, -0.2) is 15.3 Å². The summed E-state index contributed by atoms with van der Waals surface area (Å²) in [6.45, 7) is 0.518. The average molecular weight is 310 g/mol. The van der Waals surface area contributed by atoms with Crippen molar-refractivity contribution >= 4 is 0 Å². The van der Waals surface area contributed by atoms with Gasteiger partial charge in [-0.1, -0.05) is 42.5 Å². The molecule has 3 aromatic rings. The van der Waals surface area contributed by atoms with Crippen molar-refractivity contribution in [3.8, 4) is 23.0 Å². The lowest BCUT2D eigenvalue weighted by Gasteiger charge is -2.05. The second kappa shape index (κ2) is 8.34. The summed E-state index contributed by atoms with van der Waals surface area (Å²) >= 11 is 0. The van der Waals surface area contributed by atoms with Gasteiger partial charge in [-0.2, -0.15) is 0 Å². The third-order valence-corrected chi connectivity index (χ3v) is 2.90. The fourth-order valence-electron chi connectivity index (χ4n) is 1.81. The molecule has 0 heterocycles. The molecule has 0 spiro atoms. The van der Waals surface area contributed by atoms with Crippen LogP contribution in [0.1, 0.15) is 5.56 Å². The molecule has 0 saturated carbocycles. The SMILES string of the molecule is Oc1cccc(O)c1.Oc1cccc(OCc2ccccc2)c1. The van der Waals surface area contributed by atoms with E-state index in [0.29, 0.717) is 12.4 Å². The summed E-state index contributed by atoms with van der Waals surface area (Å²) in [7, 11) is 0. The van der Waals surface area contributed by atoms with Crippen molar-refractivity contribution in [1.29, 1.82) is 0 Å². The molecular formula is C19H18O4. The van der Waals surface area contributed by atoms with Gasteiger partial charge in [0, 0.05) is 12.1 Å². The highest BCUT2D eigenvalue weighted by atomic mass is 16.5. The van der Waals surface area contributed by atoms with Gasteiger partial charge in [0.2, 0.25) is 0 Å². The molecule has 3 N–H and O–H groups in total. The molecule has 4 heteroatoms. The molecule has 0 aliphatic heterocycles. The van der Waals surface area contributed by atoms with Crippen LogP contribution < -0.4 is 4.74 Å². The summed E-state index contributed by atoms with van der Waals surface area (Å²) in [5.74, 6) is 1.08. The van der Waals surface area contributed by atoms with Crippen LogP contribution >= 0.6 is 0 Å². The highest BCUT2D eigenvalue weighted by Crippen LogP contribution is 2.18. The molecule has 0 saturated heterocycles. The molecule has 0 aliphatic rings. The van der Waals surface area contributed by atoms with E-state index in [1.54, 1.807) is 24.3 Å². The highest BCUT2D eigenvalue weighted by Gasteiger charge is 1.96. The quantitative estimate of drug-likeness (QED) is 0.682. The van der Waals surface area contributed by atoms with Crippen LogP contribution in [0.2, 0.25) is 0 Å². The molecule has 0 unspecified atom stereocenters. The first-order valence-electron chi connectivity index (χ1n) is 7.07. The molecule has 3 aromatic carbocycles. The number of ether oxygens (including phenoxy) is 1. The monoisotopic (exact) mass is 310 g/mol. The molecule has 23 heavy (non-hydrogen) atoms. The van der Waals surface area contributed by atoms with Gasteiger partial charge >= 0.3 is 0 Å². The molecule has 0 radical (unpaired) electrons. The highest BCUT2D eigenvalue weighted by molar-refractivity contribution is 5.32. The van der Waals surface area contributed by atoms with E-state index in [1.807, 2.05) is 36.4 Å². The predicted molar refractivity (Wildman–Crippen MR) is 88.7 cm³/mol. The van der Waals surface area contributed by atoms with E-state index in [0.717, 1.165) is 5.56 Å². The van der Waals surface area contributed by atoms with Crippen LogP contribution in [0.25, 0.3) is 0 Å². The summed E-state index contributed by atoms with van der Waals surface area (Å²) in [6, 6.07) is 22.6. The smallest absolute Gasteiger partial charge is 0.123 e. The minimum absolute atomic E-state index is 0.0880. The van der Waals surface area contributed by atoms with Gasteiger partial charge in [-0.05, 0) is 29.8 Å². The molecule has 3 rings (SSSR count). The Morgan fingerprint density at radius 1 is 0.609 bits per heavy atom. The van der Waals surface area contributed by atoms with Crippen molar-refractivity contribution in [2.24, 2.45) is 0 Å². The summed E-state index contributed by atoms with van der Waals surface area (Å²) < 4.78 is 5.51. The zero-order valence-electron chi connectivity index (χ0n) is 12.5. The number of aromatic hydroxyl groups is 3. The maximum absolute atomic E-state index is 9.23. The maximum atomic E-state index is 9.23. The lowest BCUT2D eigenvalue weighted by atomic mass is 10.2. The topological polar surface area (TPSA) is 69.9 Å². The Labute approximate surface area is 134 Å². The van der Waals surface area contributed by atoms with Gasteiger partial charge in [0.05, 0.1) is 0 Å². The third kappa shape index (κ3) is 6.01. The van der Waals surface area contributed by atoms with Gasteiger partial charge in [-0.25, -0.2) is 0 Å². The number of hydrogen-bond donors (Lipinski definition) is 3. The number of rotatable bonds is 3. The minimum Gasteiger partial charge on any atom is -0.508 e. The largest absolute Gasteiger partial charge is 0.508 e. The van der Waals surface area contributed by atoms with Crippen LogP contribution in [0.3, 0.4) is 0 Å². The van der Waals surface area contributed by atoms with E-state index in [-0.39, 0.29) is 17.2 Å². The van der Waals surface area contributed by atoms with Crippen molar-refractivity contribution in [2.45, 2.75) is 6.61 Å². The van der Waals surface area contributed by atoms with Gasteiger partial charge in [-0.3, -0.25) is 0 Å². The van der Waals surface area contributed by atoms with Gasteiger partial charge in [-0.15, -0.1) is 0 Å². The zero-order chi connectivity index (χ0) is 16.5. The van der Waals surface area contributed by atoms with Crippen molar-refractivity contribution in [1.82, 2.24) is 0 Å². The van der Waals surface area contributed by atoms with Crippen LogP contribution in [0.4, 0.5) is 0 Å². The van der Waals surface area contributed by atoms with Crippen molar-refractivity contribution < 1.29 is 20.1 Å². The van der Waals surface area contributed by atoms with E-state index in [1.165, 1.54) is 18.2 Å². The second-order valence-corrected chi connectivity index (χ2v) is 4.79. The Hall–Kier alpha value is -3.14. The fourth-order valence-corrected chi connectivity index (χ4v) is 1.81. The first-order chi connectivity index (χ1) is 11.1. The standard InChI is InChI=1S/C13H12O2.C6H6O2/c14-12-7-4-8-13(9-12)15-10-11-5-2-1-3-6-11;7-5-2-1-3-6(8)4-5/h1-9,14H,10H2;1-4,7-8H. The van der Waals surface area contributed by atoms with E-state index in [2.05, 4.69) is 0 Å². The molecule has 0 atom stereocenters. The van der Waals surface area contributed by atoms with E-state index >= 15 is 0 Å². The average Bonchev–Trinajstić information content (AvgIpc) is 2.54. The second-order valence-electron chi connectivity index (χ2n) is 4.79. The summed E-state index contributed by atoms with van der Waals surface area (Å²) in [6.07, 6.45) is 0. The lowest BCUT2D eigenvalue weighted by molar-refractivity contribution is 0.304. The Kier molecular flexibility index (Phi) is 5.89. The summed E-state index contributed by atoms with van der Waals surface area (Å²) in [5, 5.41) is 26.5. The van der Waals surface area contributed by atoms with Crippen molar-refractivity contribution in [3.63, 3.8) is 0 Å². The molecule has 0 aromatic heterocycles. The van der Waals surface area contributed by atoms with Gasteiger partial charge in [0.15, 0.2) is 0 Å². The minimum atomic E-state index is 0.0880. The molecule has 4 nitrogen and oxygen atoms in total. The summed E-state index contributed by atoms with van der Waals surface area (Å²) in [4.78, 5) is 0. The number of benzene rings is 3. The van der Waals surface area contributed by atoms with Crippen LogP contribution in [-0.2, 0) is 6.61 Å². The first-order valence-corrected chi connectivity index (χ1v) is 7.07. The number of phenolic OH excluding ortho intramolecular Hbond substituents is 3. The lowest BCUT2D eigenvalue weighted by Crippen LogP contribution is -1.94. The van der Waals surface area contributed by atoms with Gasteiger partial charge in [0.1, 0.15) is 29.6 Å². The van der Waals surface area contributed by atoms with Gasteiger partial charge in [0.25, 0.3) is 0 Å². The molecule has 0 fully saturated rings. The normalized spacial score (nSPS) is 9.57. The van der Waals surface area contributed by atoms with E-state index < -0.39 is 0 Å². The Morgan fingerprint density at radius 2 is 1.17 bits per heavy atom. The predicted octanol–water partition coefficient (Wildman–Crippen LogP) is 4.07. The Bertz CT molecular complexity index is 709. The molecule has 0 bridgehead atoms. The van der Waals surface area contributed by atoms with Crippen LogP contribution in [0, 0.1) is 0 Å². The van der Waals surface area contributed by atoms with E-state index in [4.69, 9.17) is 14.9 Å². The summed E-state index contributed by atoms with van der Waals surface area (Å²) in [5.41, 5.74) is 1.11. The molecule has 0 aliphatic carbocycles. The number of hydrogen-bond acceptors (Lipinski definition) is 4. The van der Waals surface area contributed by atoms with Crippen LogP contribution in [0.5, 0.6) is 23.0 Å². The molecule has 118 valence electrons. The van der Waals surface area contributed by atoms with Crippen molar-refractivity contribution in [2.75, 3.05) is 0 Å². The van der Waals surface area contributed by atoms with Crippen LogP contribution in [0.15, 0.2) is 78.9 Å². The fraction of sp³-hybridized carbons (Fsp3) is 0.0526. The van der Waals surface area contributed by atoms with E-state index in [9.17, 15) is 5.11 Å². The third-order valence-electron chi connectivity index (χ3n) is 2.90.